The normalized spacial score (nSPS) is 11.6. The monoisotopic (exact) mass is 482 g/mol. The summed E-state index contributed by atoms with van der Waals surface area (Å²) in [6, 6.07) is 13.8. The standard InChI is InChI=1S/C26H24F6O2/c1-2-3-4-17-7-11-20(12-8-17)26(31,32)34-21-13-9-18(10-14-21)5-6-19-15-22(27)24(23(28)16-19)33-25(29)30/h7-16,25H,2-6H2,1H3. The van der Waals surface area contributed by atoms with Gasteiger partial charge in [-0.15, -0.1) is 0 Å². The Morgan fingerprint density at radius 2 is 1.29 bits per heavy atom. The van der Waals surface area contributed by atoms with E-state index in [1.165, 1.54) is 24.3 Å². The average molecular weight is 482 g/mol. The van der Waals surface area contributed by atoms with E-state index in [1.54, 1.807) is 24.3 Å². The van der Waals surface area contributed by atoms with Crippen molar-refractivity contribution >= 4 is 0 Å². The summed E-state index contributed by atoms with van der Waals surface area (Å²) in [6.45, 7) is -1.28. The molecule has 0 aliphatic rings. The molecule has 3 rings (SSSR count). The average Bonchev–Trinajstić information content (AvgIpc) is 2.79. The number of rotatable bonds is 11. The second-order valence-electron chi connectivity index (χ2n) is 7.83. The fraction of sp³-hybridized carbons (Fsp3) is 0.308. The highest BCUT2D eigenvalue weighted by Crippen LogP contribution is 2.32. The highest BCUT2D eigenvalue weighted by Gasteiger charge is 2.34. The van der Waals surface area contributed by atoms with Crippen molar-refractivity contribution in [3.8, 4) is 11.5 Å². The van der Waals surface area contributed by atoms with Crippen molar-refractivity contribution in [1.82, 2.24) is 0 Å². The zero-order chi connectivity index (χ0) is 24.7. The topological polar surface area (TPSA) is 18.5 Å². The quantitative estimate of drug-likeness (QED) is 0.260. The highest BCUT2D eigenvalue weighted by atomic mass is 19.3. The molecule has 3 aromatic carbocycles. The highest BCUT2D eigenvalue weighted by molar-refractivity contribution is 5.33. The molecule has 0 spiro atoms. The van der Waals surface area contributed by atoms with Crippen LogP contribution in [0.3, 0.4) is 0 Å². The Bertz CT molecular complexity index is 1040. The number of aryl methyl sites for hydroxylation is 3. The molecule has 0 fully saturated rings. The van der Waals surface area contributed by atoms with Crippen LogP contribution in [-0.2, 0) is 25.4 Å². The molecule has 8 heteroatoms. The molecular weight excluding hydrogens is 458 g/mol. The van der Waals surface area contributed by atoms with Crippen LogP contribution in [-0.4, -0.2) is 6.61 Å². The van der Waals surface area contributed by atoms with Crippen molar-refractivity contribution in [3.63, 3.8) is 0 Å². The lowest BCUT2D eigenvalue weighted by atomic mass is 10.0. The largest absolute Gasteiger partial charge is 0.429 e. The van der Waals surface area contributed by atoms with Gasteiger partial charge in [-0.05, 0) is 78.8 Å². The van der Waals surface area contributed by atoms with Crippen LogP contribution < -0.4 is 9.47 Å². The van der Waals surface area contributed by atoms with Crippen LogP contribution in [0.25, 0.3) is 0 Å². The summed E-state index contributed by atoms with van der Waals surface area (Å²) < 4.78 is 89.9. The summed E-state index contributed by atoms with van der Waals surface area (Å²) in [5.74, 6) is -3.61. The van der Waals surface area contributed by atoms with Gasteiger partial charge in [-0.1, -0.05) is 37.6 Å². The Morgan fingerprint density at radius 1 is 0.765 bits per heavy atom. The fourth-order valence-corrected chi connectivity index (χ4v) is 3.42. The van der Waals surface area contributed by atoms with Gasteiger partial charge in [0.1, 0.15) is 5.75 Å². The SMILES string of the molecule is CCCCc1ccc(C(F)(F)Oc2ccc(CCc3cc(F)c(OC(F)F)c(F)c3)cc2)cc1. The maximum atomic E-state index is 14.5. The Kier molecular flexibility index (Phi) is 8.47. The second kappa shape index (κ2) is 11.3. The van der Waals surface area contributed by atoms with Gasteiger partial charge in [-0.2, -0.15) is 17.6 Å². The molecule has 0 unspecified atom stereocenters. The molecule has 0 aromatic heterocycles. The van der Waals surface area contributed by atoms with E-state index in [9.17, 15) is 26.3 Å². The van der Waals surface area contributed by atoms with Crippen molar-refractivity contribution in [2.45, 2.75) is 51.7 Å². The summed E-state index contributed by atoms with van der Waals surface area (Å²) in [4.78, 5) is 0. The van der Waals surface area contributed by atoms with E-state index >= 15 is 0 Å². The molecular formula is C26H24F6O2. The number of benzene rings is 3. The molecule has 0 saturated heterocycles. The van der Waals surface area contributed by atoms with Crippen LogP contribution in [0.15, 0.2) is 60.7 Å². The van der Waals surface area contributed by atoms with Gasteiger partial charge in [-0.3, -0.25) is 0 Å². The first-order valence-corrected chi connectivity index (χ1v) is 10.9. The molecule has 0 aliphatic carbocycles. The van der Waals surface area contributed by atoms with Gasteiger partial charge >= 0.3 is 12.7 Å². The molecule has 0 amide bonds. The van der Waals surface area contributed by atoms with E-state index in [0.29, 0.717) is 12.0 Å². The molecule has 34 heavy (non-hydrogen) atoms. The smallest absolute Gasteiger partial charge is 0.426 e. The Hall–Kier alpha value is -3.16. The molecule has 2 nitrogen and oxygen atoms in total. The summed E-state index contributed by atoms with van der Waals surface area (Å²) >= 11 is 0. The van der Waals surface area contributed by atoms with Gasteiger partial charge in [0.2, 0.25) is 0 Å². The number of hydrogen-bond acceptors (Lipinski definition) is 2. The Balaban J connectivity index is 1.59. The molecule has 0 N–H and O–H groups in total. The van der Waals surface area contributed by atoms with Crippen LogP contribution >= 0.6 is 0 Å². The lowest BCUT2D eigenvalue weighted by Crippen LogP contribution is -2.21. The predicted octanol–water partition coefficient (Wildman–Crippen LogP) is 7.82. The molecule has 0 saturated carbocycles. The number of hydrogen-bond donors (Lipinski definition) is 0. The Morgan fingerprint density at radius 3 is 1.85 bits per heavy atom. The first-order valence-electron chi connectivity index (χ1n) is 10.9. The summed E-state index contributed by atoms with van der Waals surface area (Å²) in [7, 11) is 0. The first-order chi connectivity index (χ1) is 16.2. The molecule has 0 aliphatic heterocycles. The van der Waals surface area contributed by atoms with E-state index in [1.807, 2.05) is 0 Å². The number of unbranched alkanes of at least 4 members (excludes halogenated alkanes) is 1. The van der Waals surface area contributed by atoms with E-state index < -0.39 is 30.1 Å². The van der Waals surface area contributed by atoms with Crippen molar-refractivity contribution < 1.29 is 35.8 Å². The maximum absolute atomic E-state index is 14.5. The van der Waals surface area contributed by atoms with Crippen molar-refractivity contribution in [2.24, 2.45) is 0 Å². The summed E-state index contributed by atoms with van der Waals surface area (Å²) in [6.07, 6.45) is -0.138. The molecule has 0 radical (unpaired) electrons. The van der Waals surface area contributed by atoms with Crippen LogP contribution in [0.2, 0.25) is 0 Å². The van der Waals surface area contributed by atoms with E-state index in [-0.39, 0.29) is 23.3 Å². The summed E-state index contributed by atoms with van der Waals surface area (Å²) in [5.41, 5.74) is 1.69. The van der Waals surface area contributed by atoms with Crippen LogP contribution in [0, 0.1) is 11.6 Å². The van der Waals surface area contributed by atoms with Crippen molar-refractivity contribution in [2.75, 3.05) is 0 Å². The lowest BCUT2D eigenvalue weighted by Gasteiger charge is -2.19. The van der Waals surface area contributed by atoms with Gasteiger partial charge < -0.3 is 9.47 Å². The predicted molar refractivity (Wildman–Crippen MR) is 116 cm³/mol. The van der Waals surface area contributed by atoms with Crippen LogP contribution in [0.1, 0.15) is 42.0 Å². The van der Waals surface area contributed by atoms with Crippen molar-refractivity contribution in [3.05, 3.63) is 94.6 Å². The third-order valence-electron chi connectivity index (χ3n) is 5.25. The minimum atomic E-state index is -3.51. The molecule has 0 bridgehead atoms. The second-order valence-corrected chi connectivity index (χ2v) is 7.83. The molecule has 0 heterocycles. The molecule has 3 aromatic rings. The number of halogens is 6. The maximum Gasteiger partial charge on any atom is 0.426 e. The minimum Gasteiger partial charge on any atom is -0.429 e. The fourth-order valence-electron chi connectivity index (χ4n) is 3.42. The zero-order valence-electron chi connectivity index (χ0n) is 18.5. The molecule has 0 atom stereocenters. The lowest BCUT2D eigenvalue weighted by molar-refractivity contribution is -0.185. The molecule has 182 valence electrons. The van der Waals surface area contributed by atoms with Crippen LogP contribution in [0.4, 0.5) is 26.3 Å². The van der Waals surface area contributed by atoms with E-state index in [4.69, 9.17) is 4.74 Å². The van der Waals surface area contributed by atoms with Gasteiger partial charge in [0.15, 0.2) is 17.4 Å². The van der Waals surface area contributed by atoms with Gasteiger partial charge in [0.05, 0.1) is 5.56 Å². The number of ether oxygens (including phenoxy) is 2. The first kappa shape index (κ1) is 25.5. The van der Waals surface area contributed by atoms with Crippen molar-refractivity contribution in [1.29, 1.82) is 0 Å². The minimum absolute atomic E-state index is 0.0330. The Labute approximate surface area is 194 Å². The summed E-state index contributed by atoms with van der Waals surface area (Å²) in [5, 5.41) is 0. The van der Waals surface area contributed by atoms with Gasteiger partial charge in [0.25, 0.3) is 0 Å². The zero-order valence-corrected chi connectivity index (χ0v) is 18.5. The third-order valence-corrected chi connectivity index (χ3v) is 5.25. The van der Waals surface area contributed by atoms with Crippen LogP contribution in [0.5, 0.6) is 11.5 Å². The van der Waals surface area contributed by atoms with Gasteiger partial charge in [-0.25, -0.2) is 8.78 Å². The number of alkyl halides is 4. The third kappa shape index (κ3) is 6.92. The van der Waals surface area contributed by atoms with E-state index in [0.717, 1.165) is 37.0 Å². The van der Waals surface area contributed by atoms with Gasteiger partial charge in [0, 0.05) is 0 Å². The van der Waals surface area contributed by atoms with E-state index in [2.05, 4.69) is 11.7 Å².